The van der Waals surface area contributed by atoms with Crippen LogP contribution in [0.1, 0.15) is 16.7 Å². The van der Waals surface area contributed by atoms with Gasteiger partial charge in [-0.2, -0.15) is 0 Å². The molecule has 0 atom stereocenters. The fraction of sp³-hybridized carbons (Fsp3) is 0.250. The largest absolute Gasteiger partial charge is 0.493 e. The van der Waals surface area contributed by atoms with Crippen molar-refractivity contribution in [1.29, 1.82) is 0 Å². The van der Waals surface area contributed by atoms with E-state index in [0.717, 1.165) is 38.9 Å². The number of carboxylic acid groups (broad SMARTS) is 1. The molecule has 5 nitrogen and oxygen atoms in total. The van der Waals surface area contributed by atoms with Crippen molar-refractivity contribution in [1.82, 2.24) is 4.98 Å². The number of para-hydroxylation sites is 1. The van der Waals surface area contributed by atoms with Crippen molar-refractivity contribution < 1.29 is 19.4 Å². The second-order valence-corrected chi connectivity index (χ2v) is 6.02. The minimum Gasteiger partial charge on any atom is -0.493 e. The maximum Gasteiger partial charge on any atom is 0.307 e. The number of nitrogens with one attached hydrogen (secondary N) is 1. The number of rotatable bonds is 5. The van der Waals surface area contributed by atoms with E-state index >= 15 is 0 Å². The second-order valence-electron chi connectivity index (χ2n) is 6.02. The summed E-state index contributed by atoms with van der Waals surface area (Å²) in [6.45, 7) is 4.07. The topological polar surface area (TPSA) is 71.6 Å². The van der Waals surface area contributed by atoms with Gasteiger partial charge >= 0.3 is 5.97 Å². The maximum atomic E-state index is 11.5. The summed E-state index contributed by atoms with van der Waals surface area (Å²) in [4.78, 5) is 14.9. The lowest BCUT2D eigenvalue weighted by atomic mass is 9.99. The minimum absolute atomic E-state index is 0.0712. The Morgan fingerprint density at radius 3 is 2.52 bits per heavy atom. The third kappa shape index (κ3) is 2.82. The zero-order chi connectivity index (χ0) is 18.1. The van der Waals surface area contributed by atoms with E-state index in [1.165, 1.54) is 0 Å². The molecule has 0 aliphatic heterocycles. The molecule has 0 saturated carbocycles. The number of aliphatic carboxylic acids is 1. The van der Waals surface area contributed by atoms with Gasteiger partial charge in [0.25, 0.3) is 0 Å². The van der Waals surface area contributed by atoms with Crippen LogP contribution in [0.4, 0.5) is 0 Å². The summed E-state index contributed by atoms with van der Waals surface area (Å²) in [6, 6.07) is 9.58. The number of ether oxygens (including phenoxy) is 2. The van der Waals surface area contributed by atoms with Gasteiger partial charge in [-0.05, 0) is 42.7 Å². The van der Waals surface area contributed by atoms with Gasteiger partial charge in [0, 0.05) is 16.5 Å². The molecule has 0 spiro atoms. The number of methoxy groups -OCH3 is 2. The van der Waals surface area contributed by atoms with Crippen LogP contribution in [0, 0.1) is 13.8 Å². The Kier molecular flexibility index (Phi) is 4.40. The van der Waals surface area contributed by atoms with E-state index in [4.69, 9.17) is 9.47 Å². The molecule has 0 saturated heterocycles. The van der Waals surface area contributed by atoms with Crippen LogP contribution in [-0.4, -0.2) is 30.3 Å². The van der Waals surface area contributed by atoms with Crippen molar-refractivity contribution in [3.8, 4) is 22.8 Å². The fourth-order valence-electron chi connectivity index (χ4n) is 3.21. The highest BCUT2D eigenvalue weighted by Gasteiger charge is 2.21. The van der Waals surface area contributed by atoms with Gasteiger partial charge in [0.2, 0.25) is 0 Å². The molecule has 25 heavy (non-hydrogen) atoms. The van der Waals surface area contributed by atoms with Gasteiger partial charge < -0.3 is 19.6 Å². The van der Waals surface area contributed by atoms with Crippen LogP contribution in [0.3, 0.4) is 0 Å². The molecule has 2 N–H and O–H groups in total. The van der Waals surface area contributed by atoms with Crippen molar-refractivity contribution in [2.45, 2.75) is 20.3 Å². The van der Waals surface area contributed by atoms with Crippen LogP contribution in [-0.2, 0) is 11.2 Å². The van der Waals surface area contributed by atoms with Gasteiger partial charge in [-0.15, -0.1) is 0 Å². The molecule has 3 aromatic rings. The average molecular weight is 339 g/mol. The van der Waals surface area contributed by atoms with Gasteiger partial charge in [-0.25, -0.2) is 0 Å². The first kappa shape index (κ1) is 16.9. The quantitative estimate of drug-likeness (QED) is 0.734. The Hall–Kier alpha value is -2.95. The summed E-state index contributed by atoms with van der Waals surface area (Å²) >= 11 is 0. The molecule has 0 amide bonds. The molecule has 130 valence electrons. The number of fused-ring (bicyclic) bond motifs is 1. The van der Waals surface area contributed by atoms with Crippen molar-refractivity contribution in [2.75, 3.05) is 14.2 Å². The number of benzene rings is 2. The number of hydrogen-bond donors (Lipinski definition) is 2. The molecule has 0 fully saturated rings. The Morgan fingerprint density at radius 1 is 1.12 bits per heavy atom. The van der Waals surface area contributed by atoms with E-state index in [9.17, 15) is 9.90 Å². The van der Waals surface area contributed by atoms with Crippen LogP contribution in [0.25, 0.3) is 22.2 Å². The summed E-state index contributed by atoms with van der Waals surface area (Å²) < 4.78 is 10.9. The van der Waals surface area contributed by atoms with Gasteiger partial charge in [0.1, 0.15) is 0 Å². The molecule has 1 aromatic heterocycles. The SMILES string of the molecule is COc1cccc(-c2[nH]c3c(C)c(C)ccc3c2CC(=O)O)c1OC. The van der Waals surface area contributed by atoms with Gasteiger partial charge in [-0.1, -0.05) is 18.2 Å². The Morgan fingerprint density at radius 2 is 1.88 bits per heavy atom. The molecule has 0 aliphatic rings. The van der Waals surface area contributed by atoms with Crippen LogP contribution in [0.2, 0.25) is 0 Å². The van der Waals surface area contributed by atoms with Crippen molar-refractivity contribution in [3.05, 3.63) is 47.0 Å². The minimum atomic E-state index is -0.873. The zero-order valence-corrected chi connectivity index (χ0v) is 14.8. The van der Waals surface area contributed by atoms with Crippen LogP contribution in [0.5, 0.6) is 11.5 Å². The summed E-state index contributed by atoms with van der Waals surface area (Å²) in [6.07, 6.45) is -0.0712. The third-order valence-corrected chi connectivity index (χ3v) is 4.61. The number of H-pyrrole nitrogens is 1. The summed E-state index contributed by atoms with van der Waals surface area (Å²) in [7, 11) is 3.16. The van der Waals surface area contributed by atoms with Crippen molar-refractivity contribution in [3.63, 3.8) is 0 Å². The lowest BCUT2D eigenvalue weighted by molar-refractivity contribution is -0.136. The summed E-state index contributed by atoms with van der Waals surface area (Å²) in [5.41, 5.74) is 5.50. The molecule has 3 rings (SSSR count). The molecule has 5 heteroatoms. The lowest BCUT2D eigenvalue weighted by Crippen LogP contribution is -2.02. The zero-order valence-electron chi connectivity index (χ0n) is 14.8. The first-order chi connectivity index (χ1) is 12.0. The van der Waals surface area contributed by atoms with Crippen molar-refractivity contribution >= 4 is 16.9 Å². The second kappa shape index (κ2) is 6.51. The fourth-order valence-corrected chi connectivity index (χ4v) is 3.21. The Balaban J connectivity index is 2.36. The normalized spacial score (nSPS) is 10.9. The Bertz CT molecular complexity index is 956. The number of aryl methyl sites for hydroxylation is 2. The predicted molar refractivity (Wildman–Crippen MR) is 97.7 cm³/mol. The van der Waals surface area contributed by atoms with Crippen molar-refractivity contribution in [2.24, 2.45) is 0 Å². The number of aromatic nitrogens is 1. The first-order valence-corrected chi connectivity index (χ1v) is 8.01. The number of carboxylic acids is 1. The van der Waals surface area contributed by atoms with E-state index in [1.807, 2.05) is 44.2 Å². The van der Waals surface area contributed by atoms with Gasteiger partial charge in [-0.3, -0.25) is 4.79 Å². The monoisotopic (exact) mass is 339 g/mol. The van der Waals surface area contributed by atoms with E-state index in [1.54, 1.807) is 14.2 Å². The highest BCUT2D eigenvalue weighted by molar-refractivity contribution is 5.97. The highest BCUT2D eigenvalue weighted by atomic mass is 16.5. The van der Waals surface area contributed by atoms with E-state index in [0.29, 0.717) is 11.5 Å². The molecular weight excluding hydrogens is 318 g/mol. The molecule has 0 bridgehead atoms. The predicted octanol–water partition coefficient (Wildman–Crippen LogP) is 4.10. The first-order valence-electron chi connectivity index (χ1n) is 8.01. The molecule has 1 heterocycles. The molecule has 0 radical (unpaired) electrons. The lowest BCUT2D eigenvalue weighted by Gasteiger charge is -2.12. The van der Waals surface area contributed by atoms with E-state index in [2.05, 4.69) is 4.98 Å². The molecular formula is C20H21NO4. The van der Waals surface area contributed by atoms with Gasteiger partial charge in [0.15, 0.2) is 11.5 Å². The number of aromatic amines is 1. The standard InChI is InChI=1S/C20H21NO4/c1-11-8-9-13-15(10-17(22)23)19(21-18(13)12(11)2)14-6-5-7-16(24-3)20(14)25-4/h5-9,21H,10H2,1-4H3,(H,22,23). The Labute approximate surface area is 146 Å². The number of carbonyl (C=O) groups is 1. The average Bonchev–Trinajstić information content (AvgIpc) is 2.95. The van der Waals surface area contributed by atoms with Crippen LogP contribution < -0.4 is 9.47 Å². The summed E-state index contributed by atoms with van der Waals surface area (Å²) in [5.74, 6) is 0.313. The maximum absolute atomic E-state index is 11.5. The third-order valence-electron chi connectivity index (χ3n) is 4.61. The smallest absolute Gasteiger partial charge is 0.307 e. The van der Waals surface area contributed by atoms with E-state index in [-0.39, 0.29) is 6.42 Å². The highest BCUT2D eigenvalue weighted by Crippen LogP contribution is 2.41. The van der Waals surface area contributed by atoms with Crippen LogP contribution >= 0.6 is 0 Å². The summed E-state index contributed by atoms with van der Waals surface area (Å²) in [5, 5.41) is 10.3. The van der Waals surface area contributed by atoms with Gasteiger partial charge in [0.05, 0.1) is 26.3 Å². The van der Waals surface area contributed by atoms with E-state index < -0.39 is 5.97 Å². The molecule has 0 unspecified atom stereocenters. The molecule has 2 aromatic carbocycles. The molecule has 0 aliphatic carbocycles. The number of hydrogen-bond acceptors (Lipinski definition) is 3. The van der Waals surface area contributed by atoms with Crippen LogP contribution in [0.15, 0.2) is 30.3 Å².